The van der Waals surface area contributed by atoms with Crippen LogP contribution in [-0.4, -0.2) is 40.6 Å². The first-order valence-corrected chi connectivity index (χ1v) is 10.00. The van der Waals surface area contributed by atoms with Gasteiger partial charge in [0.25, 0.3) is 5.91 Å². The summed E-state index contributed by atoms with van der Waals surface area (Å²) in [7, 11) is 0. The molecule has 1 saturated heterocycles. The lowest BCUT2D eigenvalue weighted by Gasteiger charge is -2.27. The van der Waals surface area contributed by atoms with Gasteiger partial charge in [0.1, 0.15) is 17.2 Å². The monoisotopic (exact) mass is 376 g/mol. The van der Waals surface area contributed by atoms with Crippen LogP contribution < -0.4 is 5.32 Å². The number of hydrogen-bond acceptors (Lipinski definition) is 4. The van der Waals surface area contributed by atoms with E-state index in [-0.39, 0.29) is 5.91 Å². The van der Waals surface area contributed by atoms with E-state index in [2.05, 4.69) is 21.6 Å². The Hall–Kier alpha value is -2.86. The number of aromatic amines is 1. The lowest BCUT2D eigenvalue weighted by Crippen LogP contribution is -2.37. The van der Waals surface area contributed by atoms with Crippen LogP contribution in [-0.2, 0) is 13.0 Å². The van der Waals surface area contributed by atoms with Crippen molar-refractivity contribution in [2.45, 2.75) is 31.7 Å². The first-order chi connectivity index (χ1) is 13.8. The van der Waals surface area contributed by atoms with Gasteiger partial charge in [-0.1, -0.05) is 30.3 Å². The van der Waals surface area contributed by atoms with E-state index in [9.17, 15) is 4.79 Å². The molecule has 1 unspecified atom stereocenters. The fourth-order valence-corrected chi connectivity index (χ4v) is 4.30. The number of benzene rings is 1. The van der Waals surface area contributed by atoms with Gasteiger partial charge in [-0.25, -0.2) is 0 Å². The molecule has 6 nitrogen and oxygen atoms in total. The molecule has 2 N–H and O–H groups in total. The van der Waals surface area contributed by atoms with Crippen molar-refractivity contribution in [3.63, 3.8) is 0 Å². The van der Waals surface area contributed by atoms with E-state index in [1.54, 1.807) is 0 Å². The molecule has 0 bridgehead atoms. The van der Waals surface area contributed by atoms with Crippen molar-refractivity contribution in [1.29, 1.82) is 0 Å². The molecular weight excluding hydrogens is 352 g/mol. The van der Waals surface area contributed by atoms with Crippen molar-refractivity contribution >= 4 is 5.91 Å². The maximum atomic E-state index is 13.2. The Bertz CT molecular complexity index is 970. The molecule has 0 spiro atoms. The fourth-order valence-electron chi connectivity index (χ4n) is 4.30. The van der Waals surface area contributed by atoms with Crippen molar-refractivity contribution in [3.05, 3.63) is 65.2 Å². The van der Waals surface area contributed by atoms with Gasteiger partial charge in [-0.15, -0.1) is 0 Å². The van der Waals surface area contributed by atoms with Gasteiger partial charge in [-0.05, 0) is 25.5 Å². The quantitative estimate of drug-likeness (QED) is 0.735. The van der Waals surface area contributed by atoms with Gasteiger partial charge < -0.3 is 14.6 Å². The van der Waals surface area contributed by atoms with E-state index >= 15 is 0 Å². The number of carbonyl (C=O) groups excluding carboxylic acids is 1. The molecule has 2 aliphatic rings. The van der Waals surface area contributed by atoms with Gasteiger partial charge in [0, 0.05) is 48.7 Å². The number of furan rings is 1. The van der Waals surface area contributed by atoms with Gasteiger partial charge in [0.05, 0.1) is 6.20 Å². The minimum absolute atomic E-state index is 0.0335. The smallest absolute Gasteiger partial charge is 0.272 e. The summed E-state index contributed by atoms with van der Waals surface area (Å²) in [5, 5.41) is 10.6. The van der Waals surface area contributed by atoms with E-state index in [4.69, 9.17) is 4.42 Å². The summed E-state index contributed by atoms with van der Waals surface area (Å²) in [5.74, 6) is 2.25. The summed E-state index contributed by atoms with van der Waals surface area (Å²) in [5.41, 5.74) is 3.85. The molecule has 1 aromatic carbocycles. The number of aromatic nitrogens is 2. The predicted octanol–water partition coefficient (Wildman–Crippen LogP) is 3.34. The van der Waals surface area contributed by atoms with Crippen LogP contribution in [0.25, 0.3) is 11.3 Å². The van der Waals surface area contributed by atoms with E-state index in [0.717, 1.165) is 60.6 Å². The summed E-state index contributed by atoms with van der Waals surface area (Å²) >= 11 is 0. The summed E-state index contributed by atoms with van der Waals surface area (Å²) in [6.07, 6.45) is 4.79. The number of nitrogens with one attached hydrogen (secondary N) is 2. The average molecular weight is 376 g/mol. The van der Waals surface area contributed by atoms with Crippen LogP contribution in [0.1, 0.15) is 46.1 Å². The molecule has 2 aliphatic heterocycles. The van der Waals surface area contributed by atoms with E-state index in [0.29, 0.717) is 24.7 Å². The third-order valence-corrected chi connectivity index (χ3v) is 5.83. The molecule has 1 atom stereocenters. The second-order valence-electron chi connectivity index (χ2n) is 7.65. The molecule has 5 rings (SSSR count). The standard InChI is InChI=1S/C22H24N4O2/c27-22(21-18(13-24-25-21)16-7-4-9-23-12-16)26-10-8-19-17(14-26)11-20(28-19)15-5-2-1-3-6-15/h1-3,5-6,11,13,16,23H,4,7-10,12,14H2,(H,24,25). The Morgan fingerprint density at radius 2 is 2.14 bits per heavy atom. The third-order valence-electron chi connectivity index (χ3n) is 5.83. The zero-order valence-electron chi connectivity index (χ0n) is 15.8. The van der Waals surface area contributed by atoms with Crippen molar-refractivity contribution in [3.8, 4) is 11.3 Å². The molecular formula is C22H24N4O2. The Kier molecular flexibility index (Phi) is 4.49. The second kappa shape index (κ2) is 7.28. The first kappa shape index (κ1) is 17.3. The molecule has 1 amide bonds. The molecule has 3 aromatic rings. The maximum Gasteiger partial charge on any atom is 0.272 e. The first-order valence-electron chi connectivity index (χ1n) is 10.00. The zero-order valence-corrected chi connectivity index (χ0v) is 15.8. The molecule has 6 heteroatoms. The van der Waals surface area contributed by atoms with Crippen molar-refractivity contribution in [1.82, 2.24) is 20.4 Å². The number of piperidine rings is 1. The molecule has 1 fully saturated rings. The Balaban J connectivity index is 1.36. The van der Waals surface area contributed by atoms with Crippen molar-refractivity contribution < 1.29 is 9.21 Å². The van der Waals surface area contributed by atoms with Crippen LogP contribution in [0.2, 0.25) is 0 Å². The maximum absolute atomic E-state index is 13.2. The van der Waals surface area contributed by atoms with Gasteiger partial charge >= 0.3 is 0 Å². The van der Waals surface area contributed by atoms with Crippen LogP contribution >= 0.6 is 0 Å². The van der Waals surface area contributed by atoms with Gasteiger partial charge in [0.15, 0.2) is 0 Å². The molecule has 144 valence electrons. The van der Waals surface area contributed by atoms with Gasteiger partial charge in [-0.2, -0.15) is 5.10 Å². The average Bonchev–Trinajstić information content (AvgIpc) is 3.41. The largest absolute Gasteiger partial charge is 0.461 e. The highest BCUT2D eigenvalue weighted by Crippen LogP contribution is 2.31. The summed E-state index contributed by atoms with van der Waals surface area (Å²) in [6, 6.07) is 12.2. The van der Waals surface area contributed by atoms with E-state index < -0.39 is 0 Å². The van der Waals surface area contributed by atoms with Crippen molar-refractivity contribution in [2.75, 3.05) is 19.6 Å². The minimum atomic E-state index is 0.0335. The van der Waals surface area contributed by atoms with Crippen LogP contribution in [0, 0.1) is 0 Å². The number of fused-ring (bicyclic) bond motifs is 1. The highest BCUT2D eigenvalue weighted by Gasteiger charge is 2.29. The Labute approximate surface area is 163 Å². The van der Waals surface area contributed by atoms with Crippen molar-refractivity contribution in [2.24, 2.45) is 0 Å². The molecule has 0 aliphatic carbocycles. The molecule has 28 heavy (non-hydrogen) atoms. The number of nitrogens with zero attached hydrogens (tertiary/aromatic N) is 2. The van der Waals surface area contributed by atoms with Crippen LogP contribution in [0.3, 0.4) is 0 Å². The van der Waals surface area contributed by atoms with Crippen LogP contribution in [0.5, 0.6) is 0 Å². The number of rotatable bonds is 3. The highest BCUT2D eigenvalue weighted by molar-refractivity contribution is 5.94. The second-order valence-corrected chi connectivity index (χ2v) is 7.65. The van der Waals surface area contributed by atoms with Gasteiger partial charge in [-0.3, -0.25) is 9.89 Å². The Morgan fingerprint density at radius 3 is 2.96 bits per heavy atom. The van der Waals surface area contributed by atoms with Crippen LogP contribution in [0.4, 0.5) is 0 Å². The summed E-state index contributed by atoms with van der Waals surface area (Å²) < 4.78 is 6.06. The zero-order chi connectivity index (χ0) is 18.9. The number of carbonyl (C=O) groups is 1. The topological polar surface area (TPSA) is 74.2 Å². The number of H-pyrrole nitrogens is 1. The van der Waals surface area contributed by atoms with Gasteiger partial charge in [0.2, 0.25) is 0 Å². The van der Waals surface area contributed by atoms with E-state index in [1.165, 1.54) is 0 Å². The lowest BCUT2D eigenvalue weighted by molar-refractivity contribution is 0.0722. The highest BCUT2D eigenvalue weighted by atomic mass is 16.3. The predicted molar refractivity (Wildman–Crippen MR) is 106 cm³/mol. The SMILES string of the molecule is O=C(c1[nH]ncc1C1CCCNC1)N1CCc2oc(-c3ccccc3)cc2C1. The molecule has 4 heterocycles. The molecule has 0 radical (unpaired) electrons. The Morgan fingerprint density at radius 1 is 1.25 bits per heavy atom. The number of hydrogen-bond donors (Lipinski definition) is 2. The minimum Gasteiger partial charge on any atom is -0.461 e. The molecule has 0 saturated carbocycles. The van der Waals surface area contributed by atoms with E-state index in [1.807, 2.05) is 41.4 Å². The summed E-state index contributed by atoms with van der Waals surface area (Å²) in [6.45, 7) is 3.20. The van der Waals surface area contributed by atoms with Crippen LogP contribution in [0.15, 0.2) is 47.0 Å². The summed E-state index contributed by atoms with van der Waals surface area (Å²) in [4.78, 5) is 15.1. The third kappa shape index (κ3) is 3.14. The number of amides is 1. The normalized spacial score (nSPS) is 19.4. The molecule has 2 aromatic heterocycles. The fraction of sp³-hybridized carbons (Fsp3) is 0.364. The lowest BCUT2D eigenvalue weighted by atomic mass is 9.91.